The summed E-state index contributed by atoms with van der Waals surface area (Å²) < 4.78 is 12.1. The summed E-state index contributed by atoms with van der Waals surface area (Å²) in [5, 5.41) is 0. The molecule has 0 amide bonds. The van der Waals surface area contributed by atoms with Gasteiger partial charge >= 0.3 is 0 Å². The maximum Gasteiger partial charge on any atom is 0.228 e. The number of nitrogens with zero attached hydrogens (tertiary/aromatic N) is 3. The molecule has 0 saturated heterocycles. The lowest BCUT2D eigenvalue weighted by Crippen LogP contribution is -2.24. The molecule has 1 aromatic heterocycles. The Morgan fingerprint density at radius 2 is 2.09 bits per heavy atom. The third-order valence-corrected chi connectivity index (χ3v) is 3.88. The number of aromatic nitrogens is 1. The summed E-state index contributed by atoms with van der Waals surface area (Å²) in [4.78, 5) is 11.1. The summed E-state index contributed by atoms with van der Waals surface area (Å²) in [5.74, 6) is 0.575. The number of ether oxygens (including phenoxy) is 2. The summed E-state index contributed by atoms with van der Waals surface area (Å²) in [6.45, 7) is 11.5. The number of rotatable bonds is 9. The van der Waals surface area contributed by atoms with Gasteiger partial charge in [-0.3, -0.25) is 0 Å². The predicted molar refractivity (Wildman–Crippen MR) is 98.9 cm³/mol. The molecule has 0 aliphatic rings. The second-order valence-corrected chi connectivity index (χ2v) is 6.74. The van der Waals surface area contributed by atoms with E-state index in [-0.39, 0.29) is 6.10 Å². The lowest BCUT2D eigenvalue weighted by atomic mass is 10.3. The highest BCUT2D eigenvalue weighted by molar-refractivity contribution is 9.10. The number of pyridine rings is 1. The molecule has 1 heterocycles. The summed E-state index contributed by atoms with van der Waals surface area (Å²) in [6.07, 6.45) is 2.78. The van der Waals surface area contributed by atoms with Crippen LogP contribution in [0.2, 0.25) is 0 Å². The molecule has 0 aliphatic carbocycles. The lowest BCUT2D eigenvalue weighted by molar-refractivity contribution is 0.0563. The molecule has 0 aliphatic heterocycles. The molecule has 0 bridgehead atoms. The molecule has 1 aromatic rings. The van der Waals surface area contributed by atoms with Crippen LogP contribution in [0.25, 0.3) is 0 Å². The summed E-state index contributed by atoms with van der Waals surface area (Å²) >= 11 is 3.51. The molecule has 1 atom stereocenters. The van der Waals surface area contributed by atoms with E-state index < -0.39 is 0 Å². The monoisotopic (exact) mass is 385 g/mol. The zero-order valence-corrected chi connectivity index (χ0v) is 16.6. The van der Waals surface area contributed by atoms with Crippen LogP contribution in [0.15, 0.2) is 15.5 Å². The number of aryl methyl sites for hydroxylation is 1. The van der Waals surface area contributed by atoms with Crippen LogP contribution >= 0.6 is 15.9 Å². The molecule has 0 radical (unpaired) electrons. The summed E-state index contributed by atoms with van der Waals surface area (Å²) in [7, 11) is 2.00. The van der Waals surface area contributed by atoms with Crippen molar-refractivity contribution in [1.29, 1.82) is 0 Å². The first-order valence-corrected chi connectivity index (χ1v) is 8.82. The van der Waals surface area contributed by atoms with Gasteiger partial charge in [0.25, 0.3) is 0 Å². The van der Waals surface area contributed by atoms with Crippen molar-refractivity contribution in [1.82, 2.24) is 9.88 Å². The molecule has 0 spiro atoms. The Balaban J connectivity index is 2.77. The molecule has 0 N–H and O–H groups in total. The van der Waals surface area contributed by atoms with Crippen molar-refractivity contribution in [3.05, 3.63) is 16.2 Å². The van der Waals surface area contributed by atoms with Crippen molar-refractivity contribution in [3.8, 4) is 5.88 Å². The van der Waals surface area contributed by atoms with E-state index in [0.29, 0.717) is 18.5 Å². The van der Waals surface area contributed by atoms with E-state index >= 15 is 0 Å². The minimum Gasteiger partial charge on any atom is -0.471 e. The van der Waals surface area contributed by atoms with Crippen molar-refractivity contribution >= 4 is 28.0 Å². The van der Waals surface area contributed by atoms with Crippen molar-refractivity contribution in [2.75, 3.05) is 20.3 Å². The Morgan fingerprint density at radius 3 is 2.70 bits per heavy atom. The van der Waals surface area contributed by atoms with Crippen molar-refractivity contribution in [2.24, 2.45) is 4.99 Å². The normalized spacial score (nSPS) is 12.9. The highest BCUT2D eigenvalue weighted by Crippen LogP contribution is 2.30. The maximum atomic E-state index is 5.85. The van der Waals surface area contributed by atoms with Crippen molar-refractivity contribution in [2.45, 2.75) is 53.2 Å². The fourth-order valence-corrected chi connectivity index (χ4v) is 2.07. The van der Waals surface area contributed by atoms with E-state index in [1.54, 1.807) is 0 Å². The van der Waals surface area contributed by atoms with E-state index in [4.69, 9.17) is 9.47 Å². The van der Waals surface area contributed by atoms with E-state index in [2.05, 4.69) is 46.7 Å². The lowest BCUT2D eigenvalue weighted by Gasteiger charge is -2.18. The standard InChI is InChI=1S/C17H28BrN3O2/c1-7-8-22-10-13(4)23-17-15(18)9-16(14(5)20-17)19-11-21(6)12(2)3/h9,11-13H,7-8,10H2,1-6H3/b19-11+. The van der Waals surface area contributed by atoms with E-state index in [0.717, 1.165) is 28.9 Å². The fraction of sp³-hybridized carbons (Fsp3) is 0.647. The third-order valence-electron chi connectivity index (χ3n) is 3.32. The van der Waals surface area contributed by atoms with Gasteiger partial charge in [-0.1, -0.05) is 6.92 Å². The molecule has 23 heavy (non-hydrogen) atoms. The van der Waals surface area contributed by atoms with Crippen LogP contribution in [0.1, 0.15) is 39.8 Å². The predicted octanol–water partition coefficient (Wildman–Crippen LogP) is 4.35. The highest BCUT2D eigenvalue weighted by Gasteiger charge is 2.12. The smallest absolute Gasteiger partial charge is 0.228 e. The van der Waals surface area contributed by atoms with Gasteiger partial charge in [-0.05, 0) is 56.1 Å². The Morgan fingerprint density at radius 1 is 1.39 bits per heavy atom. The van der Waals surface area contributed by atoms with Gasteiger partial charge in [-0.15, -0.1) is 0 Å². The van der Waals surface area contributed by atoms with Crippen LogP contribution in [0.5, 0.6) is 5.88 Å². The molecule has 0 saturated carbocycles. The van der Waals surface area contributed by atoms with Crippen LogP contribution in [0.4, 0.5) is 5.69 Å². The fourth-order valence-electron chi connectivity index (χ4n) is 1.67. The number of halogens is 1. The quantitative estimate of drug-likeness (QED) is 0.360. The Labute approximate surface area is 148 Å². The van der Waals surface area contributed by atoms with E-state index in [1.165, 1.54) is 0 Å². The largest absolute Gasteiger partial charge is 0.471 e. The first-order chi connectivity index (χ1) is 10.8. The SMILES string of the molecule is CCCOCC(C)Oc1nc(C)c(/N=C/N(C)C(C)C)cc1Br. The van der Waals surface area contributed by atoms with E-state index in [9.17, 15) is 0 Å². The van der Waals surface area contributed by atoms with E-state index in [1.807, 2.05) is 38.2 Å². The van der Waals surface area contributed by atoms with Crippen LogP contribution < -0.4 is 4.74 Å². The first kappa shape index (κ1) is 19.9. The van der Waals surface area contributed by atoms with Gasteiger partial charge in [-0.25, -0.2) is 9.98 Å². The Bertz CT molecular complexity index is 521. The van der Waals surface area contributed by atoms with Gasteiger partial charge in [0.05, 0.1) is 28.8 Å². The van der Waals surface area contributed by atoms with Gasteiger partial charge in [-0.2, -0.15) is 0 Å². The molecule has 6 heteroatoms. The minimum atomic E-state index is -0.0498. The Hall–Kier alpha value is -1.14. The van der Waals surface area contributed by atoms with Gasteiger partial charge in [0.15, 0.2) is 0 Å². The molecular weight excluding hydrogens is 358 g/mol. The third kappa shape index (κ3) is 6.87. The van der Waals surface area contributed by atoms with Crippen LogP contribution in [0.3, 0.4) is 0 Å². The first-order valence-electron chi connectivity index (χ1n) is 8.02. The van der Waals surface area contributed by atoms with Gasteiger partial charge in [0, 0.05) is 19.7 Å². The number of hydrogen-bond donors (Lipinski definition) is 0. The Kier molecular flexibility index (Phi) is 8.55. The van der Waals surface area contributed by atoms with Crippen LogP contribution in [-0.4, -0.2) is 48.6 Å². The molecule has 1 rings (SSSR count). The highest BCUT2D eigenvalue weighted by atomic mass is 79.9. The van der Waals surface area contributed by atoms with Gasteiger partial charge < -0.3 is 14.4 Å². The molecule has 1 unspecified atom stereocenters. The second-order valence-electron chi connectivity index (χ2n) is 5.89. The zero-order valence-electron chi connectivity index (χ0n) is 15.0. The second kappa shape index (κ2) is 9.88. The van der Waals surface area contributed by atoms with Gasteiger partial charge in [0.1, 0.15) is 6.10 Å². The van der Waals surface area contributed by atoms with Gasteiger partial charge in [0.2, 0.25) is 5.88 Å². The minimum absolute atomic E-state index is 0.0498. The average molecular weight is 386 g/mol. The maximum absolute atomic E-state index is 5.85. The molecule has 0 fully saturated rings. The van der Waals surface area contributed by atoms with Crippen molar-refractivity contribution < 1.29 is 9.47 Å². The summed E-state index contributed by atoms with van der Waals surface area (Å²) in [6, 6.07) is 2.34. The van der Waals surface area contributed by atoms with Crippen LogP contribution in [-0.2, 0) is 4.74 Å². The number of aliphatic imine (C=N–C) groups is 1. The topological polar surface area (TPSA) is 47.0 Å². The van der Waals surface area contributed by atoms with Crippen LogP contribution in [0, 0.1) is 6.92 Å². The molecule has 5 nitrogen and oxygen atoms in total. The number of hydrogen-bond acceptors (Lipinski definition) is 4. The molecular formula is C17H28BrN3O2. The zero-order chi connectivity index (χ0) is 17.4. The average Bonchev–Trinajstić information content (AvgIpc) is 2.49. The van der Waals surface area contributed by atoms with Crippen molar-refractivity contribution in [3.63, 3.8) is 0 Å². The summed E-state index contributed by atoms with van der Waals surface area (Å²) in [5.41, 5.74) is 1.66. The molecule has 130 valence electrons. The molecule has 0 aromatic carbocycles.